The molecule has 1 aromatic heterocycles. The Kier molecular flexibility index (Phi) is 11.5. The molecule has 1 aliphatic rings. The summed E-state index contributed by atoms with van der Waals surface area (Å²) in [5, 5.41) is 3.47. The molecule has 0 aromatic carbocycles. The minimum atomic E-state index is 0. The number of rotatable bonds is 8. The van der Waals surface area contributed by atoms with E-state index in [0.717, 1.165) is 45.0 Å². The Morgan fingerprint density at radius 1 is 1.46 bits per heavy atom. The number of methoxy groups -OCH3 is 1. The first-order valence-corrected chi connectivity index (χ1v) is 9.60. The van der Waals surface area contributed by atoms with Gasteiger partial charge in [-0.3, -0.25) is 4.99 Å². The Bertz CT molecular complexity index is 501. The average molecular weight is 532 g/mol. The van der Waals surface area contributed by atoms with Gasteiger partial charge >= 0.3 is 0 Å². The molecule has 0 aliphatic carbocycles. The highest BCUT2D eigenvalue weighted by atomic mass is 127. The molecule has 0 amide bonds. The molecule has 1 aromatic rings. The van der Waals surface area contributed by atoms with Crippen LogP contribution in [0, 0.1) is 5.92 Å². The number of nitrogens with zero attached hydrogens (tertiary/aromatic N) is 2. The fourth-order valence-electron chi connectivity index (χ4n) is 2.67. The van der Waals surface area contributed by atoms with Gasteiger partial charge in [0, 0.05) is 44.6 Å². The Balaban J connectivity index is 0.00000288. The third-order valence-electron chi connectivity index (χ3n) is 3.87. The first-order chi connectivity index (χ1) is 11.2. The highest BCUT2D eigenvalue weighted by Gasteiger charge is 2.24. The van der Waals surface area contributed by atoms with Crippen molar-refractivity contribution in [3.05, 3.63) is 20.8 Å². The van der Waals surface area contributed by atoms with Gasteiger partial charge in [-0.15, -0.1) is 35.3 Å². The molecule has 5 nitrogen and oxygen atoms in total. The van der Waals surface area contributed by atoms with Crippen LogP contribution in [0.5, 0.6) is 0 Å². The van der Waals surface area contributed by atoms with Gasteiger partial charge in [-0.2, -0.15) is 0 Å². The largest absolute Gasteiger partial charge is 0.382 e. The SMILES string of the molecule is CN=C(NCCc1ccc(Br)s1)N1CCC(COCCOC)C1.I. The Labute approximate surface area is 174 Å². The lowest BCUT2D eigenvalue weighted by Gasteiger charge is -2.21. The van der Waals surface area contributed by atoms with Gasteiger partial charge < -0.3 is 19.7 Å². The van der Waals surface area contributed by atoms with E-state index in [9.17, 15) is 0 Å². The van der Waals surface area contributed by atoms with Gasteiger partial charge in [0.25, 0.3) is 0 Å². The van der Waals surface area contributed by atoms with Crippen molar-refractivity contribution in [2.75, 3.05) is 53.6 Å². The van der Waals surface area contributed by atoms with Crippen LogP contribution < -0.4 is 5.32 Å². The van der Waals surface area contributed by atoms with Crippen molar-refractivity contribution in [1.82, 2.24) is 10.2 Å². The van der Waals surface area contributed by atoms with Crippen LogP contribution in [0.1, 0.15) is 11.3 Å². The maximum atomic E-state index is 5.65. The van der Waals surface area contributed by atoms with Gasteiger partial charge in [0.05, 0.1) is 23.6 Å². The van der Waals surface area contributed by atoms with Crippen molar-refractivity contribution in [2.45, 2.75) is 12.8 Å². The lowest BCUT2D eigenvalue weighted by Crippen LogP contribution is -2.41. The summed E-state index contributed by atoms with van der Waals surface area (Å²) in [6.45, 7) is 5.11. The standard InChI is InChI=1S/C16H26BrN3O2S.HI/c1-18-16(19-7-5-14-3-4-15(17)23-14)20-8-6-13(11-20)12-22-10-9-21-2;/h3-4,13H,5-12H2,1-2H3,(H,18,19);1H. The lowest BCUT2D eigenvalue weighted by molar-refractivity contribution is 0.0536. The van der Waals surface area contributed by atoms with E-state index in [0.29, 0.717) is 19.1 Å². The molecule has 1 saturated heterocycles. The summed E-state index contributed by atoms with van der Waals surface area (Å²) in [5.41, 5.74) is 0. The van der Waals surface area contributed by atoms with E-state index in [-0.39, 0.29) is 24.0 Å². The Morgan fingerprint density at radius 2 is 2.29 bits per heavy atom. The molecular weight excluding hydrogens is 505 g/mol. The summed E-state index contributed by atoms with van der Waals surface area (Å²) in [6, 6.07) is 4.27. The van der Waals surface area contributed by atoms with E-state index in [1.54, 1.807) is 18.4 Å². The number of ether oxygens (including phenoxy) is 2. The van der Waals surface area contributed by atoms with E-state index in [2.05, 4.69) is 43.3 Å². The monoisotopic (exact) mass is 531 g/mol. The highest BCUT2D eigenvalue weighted by Crippen LogP contribution is 2.22. The minimum Gasteiger partial charge on any atom is -0.382 e. The molecule has 8 heteroatoms. The Hall–Kier alpha value is 0.1000. The van der Waals surface area contributed by atoms with Crippen LogP contribution >= 0.6 is 51.2 Å². The number of nitrogens with one attached hydrogen (secondary N) is 1. The van der Waals surface area contributed by atoms with Crippen molar-refractivity contribution in [3.8, 4) is 0 Å². The number of hydrogen-bond donors (Lipinski definition) is 1. The van der Waals surface area contributed by atoms with Crippen LogP contribution in [-0.2, 0) is 15.9 Å². The predicted octanol–water partition coefficient (Wildman–Crippen LogP) is 3.23. The molecule has 1 atom stereocenters. The third-order valence-corrected chi connectivity index (χ3v) is 5.55. The Morgan fingerprint density at radius 3 is 2.96 bits per heavy atom. The smallest absolute Gasteiger partial charge is 0.193 e. The molecular formula is C16H27BrIN3O2S. The number of thiophene rings is 1. The fourth-order valence-corrected chi connectivity index (χ4v) is 4.15. The second kappa shape index (κ2) is 12.5. The number of hydrogen-bond acceptors (Lipinski definition) is 4. The van der Waals surface area contributed by atoms with E-state index in [1.165, 1.54) is 8.66 Å². The third kappa shape index (κ3) is 7.55. The highest BCUT2D eigenvalue weighted by molar-refractivity contribution is 14.0. The van der Waals surface area contributed by atoms with Gasteiger partial charge in [-0.25, -0.2) is 0 Å². The van der Waals surface area contributed by atoms with Crippen molar-refractivity contribution in [1.29, 1.82) is 0 Å². The van der Waals surface area contributed by atoms with Crippen molar-refractivity contribution < 1.29 is 9.47 Å². The molecule has 0 saturated carbocycles. The minimum absolute atomic E-state index is 0. The molecule has 0 radical (unpaired) electrons. The second-order valence-corrected chi connectivity index (χ2v) is 8.15. The van der Waals surface area contributed by atoms with E-state index in [4.69, 9.17) is 9.47 Å². The number of aliphatic imine (C=N–C) groups is 1. The lowest BCUT2D eigenvalue weighted by atomic mass is 10.1. The summed E-state index contributed by atoms with van der Waals surface area (Å²) < 4.78 is 11.8. The fraction of sp³-hybridized carbons (Fsp3) is 0.688. The molecule has 1 unspecified atom stereocenters. The molecule has 2 rings (SSSR count). The molecule has 1 N–H and O–H groups in total. The molecule has 2 heterocycles. The van der Waals surface area contributed by atoms with Gasteiger partial charge in [0.15, 0.2) is 5.96 Å². The van der Waals surface area contributed by atoms with Crippen LogP contribution in [0.2, 0.25) is 0 Å². The average Bonchev–Trinajstić information content (AvgIpc) is 3.17. The zero-order valence-corrected chi connectivity index (χ0v) is 19.0. The maximum absolute atomic E-state index is 5.65. The van der Waals surface area contributed by atoms with Gasteiger partial charge in [-0.1, -0.05) is 0 Å². The quantitative estimate of drug-likeness (QED) is 0.242. The molecule has 1 fully saturated rings. The maximum Gasteiger partial charge on any atom is 0.193 e. The van der Waals surface area contributed by atoms with Crippen molar-refractivity contribution in [2.24, 2.45) is 10.9 Å². The summed E-state index contributed by atoms with van der Waals surface area (Å²) in [4.78, 5) is 8.12. The first kappa shape index (κ1) is 22.1. The van der Waals surface area contributed by atoms with Crippen LogP contribution in [0.4, 0.5) is 0 Å². The van der Waals surface area contributed by atoms with E-state index in [1.807, 2.05) is 7.05 Å². The summed E-state index contributed by atoms with van der Waals surface area (Å²) in [7, 11) is 3.55. The van der Waals surface area contributed by atoms with Gasteiger partial charge in [0.1, 0.15) is 0 Å². The first-order valence-electron chi connectivity index (χ1n) is 7.99. The number of guanidine groups is 1. The van der Waals surface area contributed by atoms with Crippen LogP contribution in [0.25, 0.3) is 0 Å². The van der Waals surface area contributed by atoms with Crippen LogP contribution in [-0.4, -0.2) is 64.5 Å². The topological polar surface area (TPSA) is 46.1 Å². The molecule has 0 spiro atoms. The normalized spacial score (nSPS) is 17.9. The zero-order chi connectivity index (χ0) is 16.5. The van der Waals surface area contributed by atoms with E-state index >= 15 is 0 Å². The van der Waals surface area contributed by atoms with Crippen molar-refractivity contribution in [3.63, 3.8) is 0 Å². The predicted molar refractivity (Wildman–Crippen MR) is 115 cm³/mol. The second-order valence-electron chi connectivity index (χ2n) is 5.60. The van der Waals surface area contributed by atoms with Crippen molar-refractivity contribution >= 4 is 57.2 Å². The molecule has 24 heavy (non-hydrogen) atoms. The molecule has 0 bridgehead atoms. The van der Waals surface area contributed by atoms with Crippen LogP contribution in [0.3, 0.4) is 0 Å². The number of likely N-dealkylation sites (tertiary alicyclic amines) is 1. The molecule has 1 aliphatic heterocycles. The van der Waals surface area contributed by atoms with Gasteiger partial charge in [-0.05, 0) is 40.9 Å². The zero-order valence-electron chi connectivity index (χ0n) is 14.3. The summed E-state index contributed by atoms with van der Waals surface area (Å²) >= 11 is 5.29. The summed E-state index contributed by atoms with van der Waals surface area (Å²) in [6.07, 6.45) is 2.18. The summed E-state index contributed by atoms with van der Waals surface area (Å²) in [5.74, 6) is 1.58. The molecule has 138 valence electrons. The van der Waals surface area contributed by atoms with Gasteiger partial charge in [0.2, 0.25) is 0 Å². The number of halogens is 2. The van der Waals surface area contributed by atoms with Crippen LogP contribution in [0.15, 0.2) is 20.9 Å². The van der Waals surface area contributed by atoms with E-state index < -0.39 is 0 Å².